The molecule has 31 heavy (non-hydrogen) atoms. The third kappa shape index (κ3) is 4.02. The van der Waals surface area contributed by atoms with Crippen molar-refractivity contribution in [3.05, 3.63) is 83.9 Å². The quantitative estimate of drug-likeness (QED) is 0.498. The minimum atomic E-state index is -0.595. The van der Waals surface area contributed by atoms with Crippen molar-refractivity contribution in [1.29, 1.82) is 0 Å². The van der Waals surface area contributed by atoms with Gasteiger partial charge in [-0.25, -0.2) is 4.98 Å². The van der Waals surface area contributed by atoms with E-state index < -0.39 is 11.9 Å². The molecule has 4 rings (SSSR count). The molecule has 0 spiro atoms. The van der Waals surface area contributed by atoms with Gasteiger partial charge in [-0.2, -0.15) is 0 Å². The number of fused-ring (bicyclic) bond motifs is 1. The molecule has 0 aliphatic carbocycles. The van der Waals surface area contributed by atoms with Crippen LogP contribution in [0.15, 0.2) is 67.0 Å². The molecule has 0 saturated heterocycles. The maximum atomic E-state index is 13.2. The Morgan fingerprint density at radius 3 is 2.26 bits per heavy atom. The summed E-state index contributed by atoms with van der Waals surface area (Å²) in [6, 6.07) is 15.6. The van der Waals surface area contributed by atoms with Crippen LogP contribution >= 0.6 is 0 Å². The van der Waals surface area contributed by atoms with Crippen molar-refractivity contribution in [2.75, 3.05) is 14.2 Å². The lowest BCUT2D eigenvalue weighted by Gasteiger charge is -2.21. The number of aryl methyl sites for hydroxylation is 1. The molecule has 0 bridgehead atoms. The van der Waals surface area contributed by atoms with Crippen LogP contribution < -0.4 is 14.8 Å². The molecule has 7 nitrogen and oxygen atoms in total. The standard InChI is InChI=1S/C24H23N3O4/c1-27-9-8-25-23(27)22(17-10-18(30-2)14-19(11-17)31-3)26-24(29)20-12-15-6-4-5-7-16(15)13-21(20)28/h4-14,22,28H,1-3H3,(H,26,29). The van der Waals surface area contributed by atoms with Crippen LogP contribution in [0.3, 0.4) is 0 Å². The molecule has 7 heteroatoms. The Morgan fingerprint density at radius 1 is 1.03 bits per heavy atom. The Morgan fingerprint density at radius 2 is 1.68 bits per heavy atom. The Kier molecular flexibility index (Phi) is 5.49. The van der Waals surface area contributed by atoms with Crippen LogP contribution in [0.2, 0.25) is 0 Å². The zero-order valence-corrected chi connectivity index (χ0v) is 17.5. The van der Waals surface area contributed by atoms with Gasteiger partial charge in [0.2, 0.25) is 0 Å². The second-order valence-corrected chi connectivity index (χ2v) is 7.17. The van der Waals surface area contributed by atoms with Gasteiger partial charge in [0.1, 0.15) is 29.1 Å². The van der Waals surface area contributed by atoms with E-state index >= 15 is 0 Å². The van der Waals surface area contributed by atoms with Gasteiger partial charge in [-0.1, -0.05) is 24.3 Å². The minimum absolute atomic E-state index is 0.0852. The number of amides is 1. The second-order valence-electron chi connectivity index (χ2n) is 7.17. The van der Waals surface area contributed by atoms with Crippen LogP contribution in [0.5, 0.6) is 17.2 Å². The SMILES string of the molecule is COc1cc(OC)cc(C(NC(=O)c2cc3ccccc3cc2O)c2nccn2C)c1. The first-order valence-electron chi connectivity index (χ1n) is 9.73. The summed E-state index contributed by atoms with van der Waals surface area (Å²) in [6.07, 6.45) is 3.47. The molecule has 1 atom stereocenters. The number of hydrogen-bond donors (Lipinski definition) is 2. The summed E-state index contributed by atoms with van der Waals surface area (Å²) in [5.41, 5.74) is 0.923. The molecule has 1 amide bonds. The van der Waals surface area contributed by atoms with Crippen molar-refractivity contribution >= 4 is 16.7 Å². The molecule has 1 aromatic heterocycles. The smallest absolute Gasteiger partial charge is 0.255 e. The van der Waals surface area contributed by atoms with Crippen LogP contribution in [-0.4, -0.2) is 34.8 Å². The number of imidazole rings is 1. The van der Waals surface area contributed by atoms with E-state index in [1.165, 1.54) is 0 Å². The molecule has 4 aromatic rings. The van der Waals surface area contributed by atoms with E-state index in [2.05, 4.69) is 10.3 Å². The molecule has 3 aromatic carbocycles. The summed E-state index contributed by atoms with van der Waals surface area (Å²) in [7, 11) is 4.99. The van der Waals surface area contributed by atoms with E-state index in [0.717, 1.165) is 16.3 Å². The highest BCUT2D eigenvalue weighted by molar-refractivity contribution is 6.01. The maximum absolute atomic E-state index is 13.2. The van der Waals surface area contributed by atoms with Crippen molar-refractivity contribution in [3.8, 4) is 17.2 Å². The van der Waals surface area contributed by atoms with Crippen LogP contribution in [0.1, 0.15) is 27.8 Å². The van der Waals surface area contributed by atoms with Gasteiger partial charge in [-0.15, -0.1) is 0 Å². The third-order valence-corrected chi connectivity index (χ3v) is 5.21. The van der Waals surface area contributed by atoms with Gasteiger partial charge in [-0.05, 0) is 40.6 Å². The summed E-state index contributed by atoms with van der Waals surface area (Å²) in [4.78, 5) is 17.7. The number of phenolic OH excluding ortho intramolecular Hbond substituents is 1. The van der Waals surface area contributed by atoms with E-state index in [1.54, 1.807) is 44.8 Å². The van der Waals surface area contributed by atoms with Gasteiger partial charge >= 0.3 is 0 Å². The Bertz CT molecular complexity index is 1230. The Balaban J connectivity index is 1.77. The average molecular weight is 417 g/mol. The van der Waals surface area contributed by atoms with E-state index in [4.69, 9.17) is 9.47 Å². The zero-order valence-electron chi connectivity index (χ0n) is 17.5. The summed E-state index contributed by atoms with van der Waals surface area (Å²) in [6.45, 7) is 0. The van der Waals surface area contributed by atoms with Crippen LogP contribution in [-0.2, 0) is 7.05 Å². The van der Waals surface area contributed by atoms with Gasteiger partial charge in [-0.3, -0.25) is 4.79 Å². The number of phenols is 1. The van der Waals surface area contributed by atoms with Crippen molar-refractivity contribution < 1.29 is 19.4 Å². The molecule has 158 valence electrons. The van der Waals surface area contributed by atoms with Crippen LogP contribution in [0.4, 0.5) is 0 Å². The molecule has 1 unspecified atom stereocenters. The first-order chi connectivity index (χ1) is 15.0. The van der Waals surface area contributed by atoms with Crippen molar-refractivity contribution in [3.63, 3.8) is 0 Å². The molecular formula is C24H23N3O4. The summed E-state index contributed by atoms with van der Waals surface area (Å²) < 4.78 is 12.6. The van der Waals surface area contributed by atoms with Crippen molar-refractivity contribution in [1.82, 2.24) is 14.9 Å². The van der Waals surface area contributed by atoms with Gasteiger partial charge in [0.05, 0.1) is 19.8 Å². The number of rotatable bonds is 6. The molecule has 0 radical (unpaired) electrons. The summed E-state index contributed by atoms with van der Waals surface area (Å²) in [5.74, 6) is 1.31. The number of nitrogens with zero attached hydrogens (tertiary/aromatic N) is 2. The normalized spacial score (nSPS) is 11.8. The van der Waals surface area contributed by atoms with Crippen molar-refractivity contribution in [2.45, 2.75) is 6.04 Å². The highest BCUT2D eigenvalue weighted by atomic mass is 16.5. The number of methoxy groups -OCH3 is 2. The lowest BCUT2D eigenvalue weighted by molar-refractivity contribution is 0.0938. The topological polar surface area (TPSA) is 85.6 Å². The van der Waals surface area contributed by atoms with E-state index in [0.29, 0.717) is 17.3 Å². The van der Waals surface area contributed by atoms with Gasteiger partial charge in [0.25, 0.3) is 5.91 Å². The number of carbonyl (C=O) groups is 1. The molecule has 0 aliphatic rings. The second kappa shape index (κ2) is 8.39. The number of carbonyl (C=O) groups excluding carboxylic acids is 1. The number of benzene rings is 3. The summed E-state index contributed by atoms with van der Waals surface area (Å²) in [5, 5.41) is 15.2. The lowest BCUT2D eigenvalue weighted by atomic mass is 10.0. The van der Waals surface area contributed by atoms with Gasteiger partial charge < -0.3 is 24.5 Å². The maximum Gasteiger partial charge on any atom is 0.255 e. The van der Waals surface area contributed by atoms with Gasteiger partial charge in [0.15, 0.2) is 0 Å². The van der Waals surface area contributed by atoms with E-state index in [-0.39, 0.29) is 11.3 Å². The minimum Gasteiger partial charge on any atom is -0.507 e. The fourth-order valence-electron chi connectivity index (χ4n) is 3.57. The predicted octanol–water partition coefficient (Wildman–Crippen LogP) is 3.82. The third-order valence-electron chi connectivity index (χ3n) is 5.21. The zero-order chi connectivity index (χ0) is 22.0. The first kappa shape index (κ1) is 20.3. The van der Waals surface area contributed by atoms with E-state index in [9.17, 15) is 9.90 Å². The summed E-state index contributed by atoms with van der Waals surface area (Å²) >= 11 is 0. The number of hydrogen-bond acceptors (Lipinski definition) is 5. The number of aromatic hydroxyl groups is 1. The highest BCUT2D eigenvalue weighted by Gasteiger charge is 2.24. The molecular weight excluding hydrogens is 394 g/mol. The Hall–Kier alpha value is -4.00. The highest BCUT2D eigenvalue weighted by Crippen LogP contribution is 2.31. The van der Waals surface area contributed by atoms with Crippen molar-refractivity contribution in [2.24, 2.45) is 7.05 Å². The van der Waals surface area contributed by atoms with Crippen LogP contribution in [0, 0.1) is 0 Å². The molecule has 0 aliphatic heterocycles. The molecule has 0 saturated carbocycles. The number of aromatic nitrogens is 2. The first-order valence-corrected chi connectivity index (χ1v) is 9.73. The van der Waals surface area contributed by atoms with Gasteiger partial charge in [0, 0.05) is 25.5 Å². The predicted molar refractivity (Wildman–Crippen MR) is 118 cm³/mol. The fraction of sp³-hybridized carbons (Fsp3) is 0.167. The van der Waals surface area contributed by atoms with Crippen LogP contribution in [0.25, 0.3) is 10.8 Å². The molecule has 2 N–H and O–H groups in total. The lowest BCUT2D eigenvalue weighted by Crippen LogP contribution is -2.31. The number of nitrogens with one attached hydrogen (secondary N) is 1. The Labute approximate surface area is 179 Å². The van der Waals surface area contributed by atoms with E-state index in [1.807, 2.05) is 48.0 Å². The largest absolute Gasteiger partial charge is 0.507 e. The number of ether oxygens (including phenoxy) is 2. The molecule has 1 heterocycles. The fourth-order valence-corrected chi connectivity index (χ4v) is 3.57. The monoisotopic (exact) mass is 417 g/mol. The molecule has 0 fully saturated rings. The average Bonchev–Trinajstić information content (AvgIpc) is 3.21.